The van der Waals surface area contributed by atoms with Crippen LogP contribution in [0.25, 0.3) is 0 Å². The fraction of sp³-hybridized carbons (Fsp3) is 0.600. The highest BCUT2D eigenvalue weighted by Gasteiger charge is 2.19. The number of ether oxygens (including phenoxy) is 1. The molecule has 94 valence electrons. The van der Waals surface area contributed by atoms with Gasteiger partial charge in [0.2, 0.25) is 0 Å². The van der Waals surface area contributed by atoms with Crippen molar-refractivity contribution in [3.8, 4) is 0 Å². The second-order valence-electron chi connectivity index (χ2n) is 5.19. The first-order valence-corrected chi connectivity index (χ1v) is 6.61. The molecule has 2 unspecified atom stereocenters. The van der Waals surface area contributed by atoms with E-state index in [-0.39, 0.29) is 6.04 Å². The van der Waals surface area contributed by atoms with Gasteiger partial charge in [0.25, 0.3) is 0 Å². The number of rotatable bonds is 3. The first-order valence-electron chi connectivity index (χ1n) is 6.61. The van der Waals surface area contributed by atoms with Crippen LogP contribution in [0.5, 0.6) is 0 Å². The number of aryl methyl sites for hydroxylation is 2. The van der Waals surface area contributed by atoms with Crippen LogP contribution in [-0.4, -0.2) is 12.7 Å². The molecule has 0 aliphatic carbocycles. The molecule has 1 saturated heterocycles. The minimum atomic E-state index is 0.109. The van der Waals surface area contributed by atoms with Gasteiger partial charge in [-0.2, -0.15) is 0 Å². The molecule has 1 aromatic carbocycles. The molecular weight excluding hydrogens is 210 g/mol. The van der Waals surface area contributed by atoms with Crippen LogP contribution in [0, 0.1) is 13.8 Å². The highest BCUT2D eigenvalue weighted by molar-refractivity contribution is 5.32. The van der Waals surface area contributed by atoms with E-state index >= 15 is 0 Å². The second-order valence-corrected chi connectivity index (χ2v) is 5.19. The molecule has 2 N–H and O–H groups in total. The molecule has 0 bridgehead atoms. The maximum atomic E-state index is 6.32. The summed E-state index contributed by atoms with van der Waals surface area (Å²) < 4.78 is 5.76. The van der Waals surface area contributed by atoms with E-state index in [4.69, 9.17) is 10.5 Å². The Morgan fingerprint density at radius 1 is 1.35 bits per heavy atom. The molecule has 2 atom stereocenters. The molecule has 0 saturated carbocycles. The van der Waals surface area contributed by atoms with Gasteiger partial charge >= 0.3 is 0 Å². The summed E-state index contributed by atoms with van der Waals surface area (Å²) in [4.78, 5) is 0. The van der Waals surface area contributed by atoms with Crippen molar-refractivity contribution in [1.82, 2.24) is 0 Å². The van der Waals surface area contributed by atoms with E-state index in [1.165, 1.54) is 36.0 Å². The van der Waals surface area contributed by atoms with Crippen LogP contribution in [0.1, 0.15) is 48.4 Å². The summed E-state index contributed by atoms with van der Waals surface area (Å²) in [5, 5.41) is 0. The van der Waals surface area contributed by atoms with Crippen molar-refractivity contribution < 1.29 is 4.74 Å². The summed E-state index contributed by atoms with van der Waals surface area (Å²) in [6.45, 7) is 5.16. The zero-order chi connectivity index (χ0) is 12.3. The minimum Gasteiger partial charge on any atom is -0.378 e. The highest BCUT2D eigenvalue weighted by atomic mass is 16.5. The average Bonchev–Trinajstić information content (AvgIpc) is 2.33. The Morgan fingerprint density at radius 3 is 2.88 bits per heavy atom. The summed E-state index contributed by atoms with van der Waals surface area (Å²) in [6, 6.07) is 6.62. The van der Waals surface area contributed by atoms with Gasteiger partial charge in [0, 0.05) is 12.6 Å². The van der Waals surface area contributed by atoms with Crippen molar-refractivity contribution in [3.05, 3.63) is 34.9 Å². The first-order chi connectivity index (χ1) is 8.16. The normalized spacial score (nSPS) is 22.4. The Labute approximate surface area is 104 Å². The van der Waals surface area contributed by atoms with Crippen LogP contribution in [0.15, 0.2) is 18.2 Å². The zero-order valence-electron chi connectivity index (χ0n) is 10.9. The number of hydrogen-bond donors (Lipinski definition) is 1. The summed E-state index contributed by atoms with van der Waals surface area (Å²) in [6.07, 6.45) is 4.96. The molecule has 2 rings (SSSR count). The molecule has 1 aromatic rings. The van der Waals surface area contributed by atoms with Crippen molar-refractivity contribution >= 4 is 0 Å². The fourth-order valence-corrected chi connectivity index (χ4v) is 2.56. The van der Waals surface area contributed by atoms with E-state index in [9.17, 15) is 0 Å². The number of nitrogens with two attached hydrogens (primary N) is 1. The Morgan fingerprint density at radius 2 is 2.18 bits per heavy atom. The van der Waals surface area contributed by atoms with Gasteiger partial charge in [0.15, 0.2) is 0 Å². The molecular formula is C15H23NO. The summed E-state index contributed by atoms with van der Waals surface area (Å²) in [5.74, 6) is 0. The summed E-state index contributed by atoms with van der Waals surface area (Å²) in [7, 11) is 0. The summed E-state index contributed by atoms with van der Waals surface area (Å²) >= 11 is 0. The third kappa shape index (κ3) is 3.30. The SMILES string of the molecule is Cc1ccc(C)c(C(N)CC2CCCCO2)c1. The Bertz CT molecular complexity index is 369. The van der Waals surface area contributed by atoms with Crippen LogP contribution in [-0.2, 0) is 4.74 Å². The van der Waals surface area contributed by atoms with E-state index in [1.807, 2.05) is 0 Å². The van der Waals surface area contributed by atoms with Crippen molar-refractivity contribution in [1.29, 1.82) is 0 Å². The lowest BCUT2D eigenvalue weighted by molar-refractivity contribution is 0.00727. The number of hydrogen-bond acceptors (Lipinski definition) is 2. The molecule has 17 heavy (non-hydrogen) atoms. The van der Waals surface area contributed by atoms with E-state index < -0.39 is 0 Å². The maximum Gasteiger partial charge on any atom is 0.0593 e. The number of benzene rings is 1. The standard InChI is InChI=1S/C15H23NO/c1-11-6-7-12(2)14(9-11)15(16)10-13-5-3-4-8-17-13/h6-7,9,13,15H,3-5,8,10,16H2,1-2H3. The van der Waals surface area contributed by atoms with Crippen LogP contribution in [0.3, 0.4) is 0 Å². The molecule has 1 aliphatic rings. The lowest BCUT2D eigenvalue weighted by Crippen LogP contribution is -2.25. The minimum absolute atomic E-state index is 0.109. The smallest absolute Gasteiger partial charge is 0.0593 e. The van der Waals surface area contributed by atoms with Gasteiger partial charge in [-0.1, -0.05) is 23.8 Å². The molecule has 0 aromatic heterocycles. The third-order valence-corrected chi connectivity index (χ3v) is 3.63. The molecule has 2 heteroatoms. The van der Waals surface area contributed by atoms with Gasteiger partial charge in [-0.15, -0.1) is 0 Å². The van der Waals surface area contributed by atoms with Crippen LogP contribution in [0.2, 0.25) is 0 Å². The predicted molar refractivity (Wildman–Crippen MR) is 71.1 cm³/mol. The fourth-order valence-electron chi connectivity index (χ4n) is 2.56. The van der Waals surface area contributed by atoms with E-state index in [0.717, 1.165) is 13.0 Å². The van der Waals surface area contributed by atoms with Crippen molar-refractivity contribution in [2.45, 2.75) is 51.7 Å². The van der Waals surface area contributed by atoms with Crippen LogP contribution in [0.4, 0.5) is 0 Å². The Balaban J connectivity index is 2.02. The molecule has 1 heterocycles. The zero-order valence-corrected chi connectivity index (χ0v) is 10.9. The second kappa shape index (κ2) is 5.65. The van der Waals surface area contributed by atoms with E-state index in [0.29, 0.717) is 6.10 Å². The van der Waals surface area contributed by atoms with Gasteiger partial charge in [-0.25, -0.2) is 0 Å². The topological polar surface area (TPSA) is 35.2 Å². The molecule has 0 spiro atoms. The van der Waals surface area contributed by atoms with Gasteiger partial charge in [0.1, 0.15) is 0 Å². The van der Waals surface area contributed by atoms with Crippen molar-refractivity contribution in [2.75, 3.05) is 6.61 Å². The molecule has 0 amide bonds. The quantitative estimate of drug-likeness (QED) is 0.869. The van der Waals surface area contributed by atoms with E-state index in [2.05, 4.69) is 32.0 Å². The lowest BCUT2D eigenvalue weighted by Gasteiger charge is -2.26. The Hall–Kier alpha value is -0.860. The highest BCUT2D eigenvalue weighted by Crippen LogP contribution is 2.25. The molecule has 1 fully saturated rings. The van der Waals surface area contributed by atoms with Crippen LogP contribution < -0.4 is 5.73 Å². The molecule has 2 nitrogen and oxygen atoms in total. The molecule has 0 radical (unpaired) electrons. The summed E-state index contributed by atoms with van der Waals surface area (Å²) in [5.41, 5.74) is 10.2. The largest absolute Gasteiger partial charge is 0.378 e. The monoisotopic (exact) mass is 233 g/mol. The van der Waals surface area contributed by atoms with Crippen molar-refractivity contribution in [2.24, 2.45) is 5.73 Å². The first kappa shape index (κ1) is 12.6. The predicted octanol–water partition coefficient (Wildman–Crippen LogP) is 3.26. The van der Waals surface area contributed by atoms with Gasteiger partial charge in [-0.3, -0.25) is 0 Å². The van der Waals surface area contributed by atoms with Gasteiger partial charge in [0.05, 0.1) is 6.10 Å². The van der Waals surface area contributed by atoms with Gasteiger partial charge in [-0.05, 0) is 50.7 Å². The lowest BCUT2D eigenvalue weighted by atomic mass is 9.93. The van der Waals surface area contributed by atoms with Crippen molar-refractivity contribution in [3.63, 3.8) is 0 Å². The third-order valence-electron chi connectivity index (χ3n) is 3.63. The molecule has 1 aliphatic heterocycles. The van der Waals surface area contributed by atoms with Crippen LogP contribution >= 0.6 is 0 Å². The maximum absolute atomic E-state index is 6.32. The average molecular weight is 233 g/mol. The van der Waals surface area contributed by atoms with Gasteiger partial charge < -0.3 is 10.5 Å². The Kier molecular flexibility index (Phi) is 4.19. The van der Waals surface area contributed by atoms with E-state index in [1.54, 1.807) is 0 Å².